The predicted octanol–water partition coefficient (Wildman–Crippen LogP) is 3.42. The number of hydrogen-bond acceptors (Lipinski definition) is 8. The Bertz CT molecular complexity index is 1530. The molecule has 2 saturated heterocycles. The Morgan fingerprint density at radius 1 is 1.16 bits per heavy atom. The highest BCUT2D eigenvalue weighted by Crippen LogP contribution is 2.44. The number of benzene rings is 1. The van der Waals surface area contributed by atoms with Gasteiger partial charge in [0.25, 0.3) is 0 Å². The van der Waals surface area contributed by atoms with Crippen molar-refractivity contribution in [3.63, 3.8) is 0 Å². The van der Waals surface area contributed by atoms with Gasteiger partial charge in [-0.2, -0.15) is 0 Å². The van der Waals surface area contributed by atoms with Gasteiger partial charge in [0.1, 0.15) is 12.7 Å². The lowest BCUT2D eigenvalue weighted by atomic mass is 9.89. The van der Waals surface area contributed by atoms with Crippen LogP contribution in [0.3, 0.4) is 0 Å². The highest BCUT2D eigenvalue weighted by Gasteiger charge is 2.36. The lowest BCUT2D eigenvalue weighted by Gasteiger charge is -2.40. The van der Waals surface area contributed by atoms with Crippen molar-refractivity contribution >= 4 is 35.3 Å². The molecule has 11 nitrogen and oxygen atoms in total. The molecule has 0 bridgehead atoms. The maximum atomic E-state index is 13.0. The number of piperidine rings is 1. The fourth-order valence-electron chi connectivity index (χ4n) is 6.38. The van der Waals surface area contributed by atoms with Crippen molar-refractivity contribution in [2.75, 3.05) is 53.0 Å². The Kier molecular flexibility index (Phi) is 9.27. The molecule has 232 valence electrons. The molecule has 4 heterocycles. The van der Waals surface area contributed by atoms with E-state index in [4.69, 9.17) is 26.1 Å². The fraction of sp³-hybridized carbons (Fsp3) is 0.438. The molecule has 2 aromatic heterocycles. The maximum Gasteiger partial charge on any atom is 0.410 e. The topological polar surface area (TPSA) is 114 Å². The van der Waals surface area contributed by atoms with Gasteiger partial charge in [-0.25, -0.2) is 9.78 Å². The molecule has 3 aromatic rings. The number of aryl methyl sites for hydroxylation is 1. The van der Waals surface area contributed by atoms with Crippen LogP contribution in [-0.2, 0) is 21.3 Å². The summed E-state index contributed by atoms with van der Waals surface area (Å²) < 4.78 is 12.9. The summed E-state index contributed by atoms with van der Waals surface area (Å²) in [6.45, 7) is 4.07. The summed E-state index contributed by atoms with van der Waals surface area (Å²) in [5, 5.41) is 7.06. The zero-order valence-electron chi connectivity index (χ0n) is 25.0. The van der Waals surface area contributed by atoms with Crippen molar-refractivity contribution < 1.29 is 19.1 Å². The van der Waals surface area contributed by atoms with Crippen LogP contribution >= 0.6 is 11.6 Å². The van der Waals surface area contributed by atoms with Crippen LogP contribution in [0.5, 0.6) is 0 Å². The van der Waals surface area contributed by atoms with E-state index in [0.29, 0.717) is 31.2 Å². The standard InChI is InChI=1S/C32H38ClN7O4/c1-38-20-35-18-27(38)30(37-28(41)19-43-2)26-16-21-4-3-9-36-29(21)31(24-6-5-22(33)17-25(24)26)39-12-14-40(15-13-39)32(42)44-23-7-10-34-11-8-23/h3-6,9,16-18,20,23,30-31,34H,7-8,10-15,19H2,1-2H3,(H,37,41). The largest absolute Gasteiger partial charge is 0.446 e. The van der Waals surface area contributed by atoms with E-state index in [9.17, 15) is 9.59 Å². The third kappa shape index (κ3) is 6.37. The molecule has 2 fully saturated rings. The molecule has 44 heavy (non-hydrogen) atoms. The van der Waals surface area contributed by atoms with Gasteiger partial charge in [0.05, 0.1) is 36.0 Å². The number of nitrogens with zero attached hydrogens (tertiary/aromatic N) is 5. The second-order valence-electron chi connectivity index (χ2n) is 11.4. The first-order chi connectivity index (χ1) is 21.4. The molecule has 2 atom stereocenters. The van der Waals surface area contributed by atoms with Crippen LogP contribution in [0.2, 0.25) is 5.02 Å². The van der Waals surface area contributed by atoms with Crippen LogP contribution < -0.4 is 10.6 Å². The average Bonchev–Trinajstić information content (AvgIpc) is 3.40. The number of halogens is 1. The van der Waals surface area contributed by atoms with Gasteiger partial charge in [-0.3, -0.25) is 14.7 Å². The molecule has 3 aliphatic rings. The summed E-state index contributed by atoms with van der Waals surface area (Å²) in [7, 11) is 3.40. The highest BCUT2D eigenvalue weighted by atomic mass is 35.5. The second-order valence-corrected chi connectivity index (χ2v) is 11.9. The first-order valence-corrected chi connectivity index (χ1v) is 15.4. The second kappa shape index (κ2) is 13.5. The summed E-state index contributed by atoms with van der Waals surface area (Å²) in [4.78, 5) is 39.4. The Morgan fingerprint density at radius 3 is 2.68 bits per heavy atom. The van der Waals surface area contributed by atoms with E-state index >= 15 is 0 Å². The lowest BCUT2D eigenvalue weighted by Crippen LogP contribution is -2.51. The number of nitrogens with one attached hydrogen (secondary N) is 2. The Morgan fingerprint density at radius 2 is 1.95 bits per heavy atom. The number of aromatic nitrogens is 3. The van der Waals surface area contributed by atoms with E-state index in [1.165, 1.54) is 7.11 Å². The fourth-order valence-corrected chi connectivity index (χ4v) is 6.55. The van der Waals surface area contributed by atoms with Crippen molar-refractivity contribution in [1.82, 2.24) is 35.0 Å². The van der Waals surface area contributed by atoms with Crippen molar-refractivity contribution in [2.45, 2.75) is 31.0 Å². The van der Waals surface area contributed by atoms with E-state index in [0.717, 1.165) is 59.6 Å². The number of hydrogen-bond donors (Lipinski definition) is 2. The van der Waals surface area contributed by atoms with Gasteiger partial charge in [0.2, 0.25) is 5.91 Å². The van der Waals surface area contributed by atoms with Crippen molar-refractivity contribution in [3.8, 4) is 0 Å². The van der Waals surface area contributed by atoms with Gasteiger partial charge < -0.3 is 29.6 Å². The van der Waals surface area contributed by atoms with Crippen LogP contribution in [0.1, 0.15) is 53.0 Å². The zero-order chi connectivity index (χ0) is 30.6. The Balaban J connectivity index is 1.35. The number of carbonyl (C=O) groups is 2. The number of amides is 2. The number of pyridine rings is 1. The minimum absolute atomic E-state index is 0.0300. The van der Waals surface area contributed by atoms with Crippen molar-refractivity contribution in [2.24, 2.45) is 7.05 Å². The van der Waals surface area contributed by atoms with Crippen LogP contribution in [0.15, 0.2) is 49.1 Å². The van der Waals surface area contributed by atoms with E-state index < -0.39 is 6.04 Å². The summed E-state index contributed by atoms with van der Waals surface area (Å²) in [6, 6.07) is 9.15. The summed E-state index contributed by atoms with van der Waals surface area (Å²) in [5.41, 5.74) is 5.48. The van der Waals surface area contributed by atoms with Gasteiger partial charge >= 0.3 is 6.09 Å². The minimum atomic E-state index is -0.532. The van der Waals surface area contributed by atoms with Gasteiger partial charge in [-0.05, 0) is 72.5 Å². The first kappa shape index (κ1) is 30.3. The molecule has 1 aliphatic carbocycles. The average molecular weight is 620 g/mol. The first-order valence-electron chi connectivity index (χ1n) is 15.0. The van der Waals surface area contributed by atoms with Crippen LogP contribution in [0, 0.1) is 0 Å². The molecule has 1 aromatic carbocycles. The summed E-state index contributed by atoms with van der Waals surface area (Å²) in [5.74, 6) is -0.247. The molecular formula is C32H38ClN7O4. The molecular weight excluding hydrogens is 582 g/mol. The predicted molar refractivity (Wildman–Crippen MR) is 167 cm³/mol. The monoisotopic (exact) mass is 619 g/mol. The molecule has 0 saturated carbocycles. The van der Waals surface area contributed by atoms with E-state index in [1.807, 2.05) is 47.0 Å². The van der Waals surface area contributed by atoms with Crippen LogP contribution in [-0.4, -0.2) is 95.4 Å². The van der Waals surface area contributed by atoms with E-state index in [-0.39, 0.29) is 30.8 Å². The quantitative estimate of drug-likeness (QED) is 0.414. The lowest BCUT2D eigenvalue weighted by molar-refractivity contribution is -0.125. The number of carbonyl (C=O) groups excluding carboxylic acids is 2. The van der Waals surface area contributed by atoms with Crippen LogP contribution in [0.25, 0.3) is 11.6 Å². The number of rotatable bonds is 7. The molecule has 2 unspecified atom stereocenters. The van der Waals surface area contributed by atoms with Gasteiger partial charge in [0.15, 0.2) is 0 Å². The zero-order valence-corrected chi connectivity index (χ0v) is 25.8. The third-order valence-electron chi connectivity index (χ3n) is 8.59. The molecule has 0 spiro atoms. The molecule has 2 aliphatic heterocycles. The summed E-state index contributed by atoms with van der Waals surface area (Å²) in [6.07, 6.45) is 8.80. The van der Waals surface area contributed by atoms with Gasteiger partial charge in [-0.15, -0.1) is 0 Å². The summed E-state index contributed by atoms with van der Waals surface area (Å²) >= 11 is 6.65. The van der Waals surface area contributed by atoms with Crippen LogP contribution in [0.4, 0.5) is 4.79 Å². The third-order valence-corrected chi connectivity index (χ3v) is 8.83. The molecule has 2 N–H and O–H groups in total. The molecule has 6 rings (SSSR count). The van der Waals surface area contributed by atoms with E-state index in [2.05, 4.69) is 32.7 Å². The van der Waals surface area contributed by atoms with Gasteiger partial charge in [0, 0.05) is 51.6 Å². The molecule has 2 amide bonds. The van der Waals surface area contributed by atoms with E-state index in [1.54, 1.807) is 12.5 Å². The van der Waals surface area contributed by atoms with Gasteiger partial charge in [-0.1, -0.05) is 23.7 Å². The normalized spacial score (nSPS) is 19.8. The minimum Gasteiger partial charge on any atom is -0.446 e. The Labute approximate surface area is 262 Å². The number of imidazole rings is 1. The maximum absolute atomic E-state index is 13.0. The highest BCUT2D eigenvalue weighted by molar-refractivity contribution is 6.30. The number of fused-ring (bicyclic) bond motifs is 2. The van der Waals surface area contributed by atoms with Crippen molar-refractivity contribution in [1.29, 1.82) is 0 Å². The molecule has 0 radical (unpaired) electrons. The Hall–Kier alpha value is -3.77. The smallest absolute Gasteiger partial charge is 0.410 e. The molecule has 12 heteroatoms. The number of ether oxygens (including phenoxy) is 2. The SMILES string of the molecule is COCC(=O)NC(C1=Cc2cccnc2C(N2CCN(C(=O)OC3CCNCC3)CC2)c2ccc(Cl)cc21)c1cncn1C. The number of piperazine rings is 1. The van der Waals surface area contributed by atoms with Crippen molar-refractivity contribution in [3.05, 3.63) is 82.2 Å². The number of methoxy groups -OCH3 is 1.